The monoisotopic (exact) mass is 341 g/mol. The molecular formula is C16H24ClN3O3. The number of hydrogen-bond acceptors (Lipinski definition) is 4. The molecule has 1 aromatic rings. The molecule has 3 N–H and O–H groups in total. The molecular weight excluding hydrogens is 318 g/mol. The third-order valence-electron chi connectivity index (χ3n) is 3.70. The summed E-state index contributed by atoms with van der Waals surface area (Å²) < 4.78 is 4.86. The zero-order valence-corrected chi connectivity index (χ0v) is 14.1. The number of carbonyl (C=O) groups is 2. The molecule has 0 bridgehead atoms. The van der Waals surface area contributed by atoms with Crippen molar-refractivity contribution in [2.24, 2.45) is 5.73 Å². The van der Waals surface area contributed by atoms with Crippen LogP contribution < -0.4 is 11.1 Å². The Morgan fingerprint density at radius 2 is 2.00 bits per heavy atom. The van der Waals surface area contributed by atoms with E-state index >= 15 is 0 Å². The molecule has 1 aromatic carbocycles. The van der Waals surface area contributed by atoms with Gasteiger partial charge in [-0.1, -0.05) is 6.07 Å². The van der Waals surface area contributed by atoms with Crippen molar-refractivity contribution in [3.8, 4) is 0 Å². The molecule has 1 saturated heterocycles. The lowest BCUT2D eigenvalue weighted by Gasteiger charge is -2.26. The highest BCUT2D eigenvalue weighted by atomic mass is 35.5. The van der Waals surface area contributed by atoms with Gasteiger partial charge in [-0.25, -0.2) is 0 Å². The number of methoxy groups -OCH3 is 1. The maximum absolute atomic E-state index is 12.4. The Labute approximate surface area is 142 Å². The normalized spacial score (nSPS) is 15.5. The lowest BCUT2D eigenvalue weighted by atomic mass is 10.1. The number of hydrogen-bond donors (Lipinski definition) is 2. The van der Waals surface area contributed by atoms with Gasteiger partial charge in [-0.15, -0.1) is 12.4 Å². The van der Waals surface area contributed by atoms with Gasteiger partial charge in [0.2, 0.25) is 5.91 Å². The maximum atomic E-state index is 12.4. The van der Waals surface area contributed by atoms with Gasteiger partial charge in [0.1, 0.15) is 6.04 Å². The summed E-state index contributed by atoms with van der Waals surface area (Å²) >= 11 is 0. The van der Waals surface area contributed by atoms with Gasteiger partial charge in [0.05, 0.1) is 6.61 Å². The highest BCUT2D eigenvalue weighted by Crippen LogP contribution is 2.16. The molecule has 1 fully saturated rings. The molecule has 1 atom stereocenters. The van der Waals surface area contributed by atoms with E-state index in [1.54, 1.807) is 24.3 Å². The molecule has 1 aliphatic rings. The second-order valence-electron chi connectivity index (χ2n) is 5.48. The molecule has 0 radical (unpaired) electrons. The fourth-order valence-corrected chi connectivity index (χ4v) is 2.50. The summed E-state index contributed by atoms with van der Waals surface area (Å²) in [6.07, 6.45) is 3.28. The molecule has 1 unspecified atom stereocenters. The van der Waals surface area contributed by atoms with Crippen molar-refractivity contribution in [2.75, 3.05) is 32.1 Å². The van der Waals surface area contributed by atoms with Gasteiger partial charge in [0, 0.05) is 31.5 Å². The van der Waals surface area contributed by atoms with E-state index in [4.69, 9.17) is 10.5 Å². The number of ether oxygens (including phenoxy) is 1. The molecule has 7 heteroatoms. The molecule has 0 saturated carbocycles. The van der Waals surface area contributed by atoms with Crippen LogP contribution in [0.2, 0.25) is 0 Å². The first-order chi connectivity index (χ1) is 10.6. The fraction of sp³-hybridized carbons (Fsp3) is 0.500. The van der Waals surface area contributed by atoms with Crippen molar-refractivity contribution in [3.05, 3.63) is 29.8 Å². The minimum absolute atomic E-state index is 0. The SMILES string of the molecule is COCC(N)C(=O)Nc1cccc(C(=O)N2CCCCC2)c1.Cl. The molecule has 128 valence electrons. The molecule has 0 spiro atoms. The number of nitrogens with zero attached hydrogens (tertiary/aromatic N) is 1. The third-order valence-corrected chi connectivity index (χ3v) is 3.70. The van der Waals surface area contributed by atoms with Crippen LogP contribution in [0.25, 0.3) is 0 Å². The molecule has 1 heterocycles. The standard InChI is InChI=1S/C16H23N3O3.ClH/c1-22-11-14(17)15(20)18-13-7-5-6-12(10-13)16(21)19-8-3-2-4-9-19;/h5-7,10,14H,2-4,8-9,11,17H2,1H3,(H,18,20);1H. The Hall–Kier alpha value is -1.63. The number of likely N-dealkylation sites (tertiary alicyclic amines) is 1. The van der Waals surface area contributed by atoms with Gasteiger partial charge in [0.15, 0.2) is 0 Å². The fourth-order valence-electron chi connectivity index (χ4n) is 2.50. The average molecular weight is 342 g/mol. The highest BCUT2D eigenvalue weighted by molar-refractivity contribution is 5.98. The number of benzene rings is 1. The molecule has 0 aromatic heterocycles. The van der Waals surface area contributed by atoms with Crippen molar-refractivity contribution < 1.29 is 14.3 Å². The summed E-state index contributed by atoms with van der Waals surface area (Å²) in [5, 5.41) is 2.71. The van der Waals surface area contributed by atoms with Crippen molar-refractivity contribution in [2.45, 2.75) is 25.3 Å². The van der Waals surface area contributed by atoms with Crippen LogP contribution >= 0.6 is 12.4 Å². The summed E-state index contributed by atoms with van der Waals surface area (Å²) in [4.78, 5) is 26.2. The summed E-state index contributed by atoms with van der Waals surface area (Å²) in [5.41, 5.74) is 6.83. The van der Waals surface area contributed by atoms with Gasteiger partial charge in [-0.3, -0.25) is 9.59 Å². The van der Waals surface area contributed by atoms with Crippen LogP contribution in [-0.2, 0) is 9.53 Å². The topological polar surface area (TPSA) is 84.7 Å². The number of anilines is 1. The van der Waals surface area contributed by atoms with Gasteiger partial charge in [-0.05, 0) is 37.5 Å². The molecule has 1 aliphatic heterocycles. The first-order valence-corrected chi connectivity index (χ1v) is 7.56. The smallest absolute Gasteiger partial charge is 0.253 e. The molecule has 2 rings (SSSR count). The summed E-state index contributed by atoms with van der Waals surface area (Å²) in [6, 6.07) is 6.22. The number of rotatable bonds is 5. The van der Waals surface area contributed by atoms with Crippen LogP contribution in [0.4, 0.5) is 5.69 Å². The number of carbonyl (C=O) groups excluding carboxylic acids is 2. The number of nitrogens with one attached hydrogen (secondary N) is 1. The quantitative estimate of drug-likeness (QED) is 0.852. The molecule has 23 heavy (non-hydrogen) atoms. The lowest BCUT2D eigenvalue weighted by molar-refractivity contribution is -0.118. The first-order valence-electron chi connectivity index (χ1n) is 7.56. The highest BCUT2D eigenvalue weighted by Gasteiger charge is 2.19. The largest absolute Gasteiger partial charge is 0.383 e. The van der Waals surface area contributed by atoms with Crippen LogP contribution in [0.3, 0.4) is 0 Å². The van der Waals surface area contributed by atoms with Gasteiger partial charge >= 0.3 is 0 Å². The van der Waals surface area contributed by atoms with Crippen LogP contribution in [-0.4, -0.2) is 49.6 Å². The Balaban J connectivity index is 0.00000264. The van der Waals surface area contributed by atoms with E-state index in [0.717, 1.165) is 25.9 Å². The van der Waals surface area contributed by atoms with Crippen molar-refractivity contribution in [3.63, 3.8) is 0 Å². The Morgan fingerprint density at radius 1 is 1.30 bits per heavy atom. The van der Waals surface area contributed by atoms with E-state index in [9.17, 15) is 9.59 Å². The Morgan fingerprint density at radius 3 is 2.65 bits per heavy atom. The predicted molar refractivity (Wildman–Crippen MR) is 91.9 cm³/mol. The van der Waals surface area contributed by atoms with Crippen LogP contribution in [0.1, 0.15) is 29.6 Å². The number of piperidine rings is 1. The Bertz CT molecular complexity index is 533. The number of nitrogens with two attached hydrogens (primary N) is 1. The van der Waals surface area contributed by atoms with E-state index in [1.807, 2.05) is 4.90 Å². The zero-order chi connectivity index (χ0) is 15.9. The van der Waals surface area contributed by atoms with Gasteiger partial charge < -0.3 is 20.7 Å². The molecule has 2 amide bonds. The second-order valence-corrected chi connectivity index (χ2v) is 5.48. The summed E-state index contributed by atoms with van der Waals surface area (Å²) in [5.74, 6) is -0.318. The Kier molecular flexibility index (Phi) is 8.02. The number of halogens is 1. The average Bonchev–Trinajstić information content (AvgIpc) is 2.55. The second kappa shape index (κ2) is 9.50. The van der Waals surface area contributed by atoms with Gasteiger partial charge in [0.25, 0.3) is 5.91 Å². The van der Waals surface area contributed by atoms with E-state index in [-0.39, 0.29) is 30.8 Å². The zero-order valence-electron chi connectivity index (χ0n) is 13.3. The minimum Gasteiger partial charge on any atom is -0.383 e. The van der Waals surface area contributed by atoms with Crippen LogP contribution in [0, 0.1) is 0 Å². The summed E-state index contributed by atoms with van der Waals surface area (Å²) in [7, 11) is 1.49. The van der Waals surface area contributed by atoms with Gasteiger partial charge in [-0.2, -0.15) is 0 Å². The predicted octanol–water partition coefficient (Wildman–Crippen LogP) is 1.65. The van der Waals surface area contributed by atoms with Crippen LogP contribution in [0.15, 0.2) is 24.3 Å². The molecule has 6 nitrogen and oxygen atoms in total. The van der Waals surface area contributed by atoms with Crippen LogP contribution in [0.5, 0.6) is 0 Å². The van der Waals surface area contributed by atoms with Crippen molar-refractivity contribution in [1.82, 2.24) is 4.90 Å². The lowest BCUT2D eigenvalue weighted by Crippen LogP contribution is -2.39. The maximum Gasteiger partial charge on any atom is 0.253 e. The van der Waals surface area contributed by atoms with E-state index in [2.05, 4.69) is 5.32 Å². The van der Waals surface area contributed by atoms with Crippen molar-refractivity contribution in [1.29, 1.82) is 0 Å². The molecule has 0 aliphatic carbocycles. The minimum atomic E-state index is -0.730. The third kappa shape index (κ3) is 5.49. The van der Waals surface area contributed by atoms with E-state index in [0.29, 0.717) is 11.3 Å². The summed E-state index contributed by atoms with van der Waals surface area (Å²) in [6.45, 7) is 1.75. The number of amides is 2. The first kappa shape index (κ1) is 19.4. The van der Waals surface area contributed by atoms with E-state index < -0.39 is 6.04 Å². The van der Waals surface area contributed by atoms with E-state index in [1.165, 1.54) is 13.5 Å². The van der Waals surface area contributed by atoms with Crippen molar-refractivity contribution >= 4 is 29.9 Å².